The molecule has 0 fully saturated rings. The van der Waals surface area contributed by atoms with Gasteiger partial charge < -0.3 is 15.2 Å². The molecule has 5 nitrogen and oxygen atoms in total. The molecule has 1 aliphatic rings. The number of aryl methyl sites for hydroxylation is 1. The van der Waals surface area contributed by atoms with E-state index in [9.17, 15) is 0 Å². The highest BCUT2D eigenvalue weighted by molar-refractivity contribution is 5.37. The number of ether oxygens (including phenoxy) is 1. The molecule has 0 saturated heterocycles. The van der Waals surface area contributed by atoms with Gasteiger partial charge in [0.2, 0.25) is 0 Å². The lowest BCUT2D eigenvalue weighted by Crippen LogP contribution is -2.30. The maximum absolute atomic E-state index is 9.06. The lowest BCUT2D eigenvalue weighted by molar-refractivity contribution is 0.227. The summed E-state index contributed by atoms with van der Waals surface area (Å²) in [7, 11) is 0. The number of fused-ring (bicyclic) bond motifs is 1. The highest BCUT2D eigenvalue weighted by atomic mass is 16.5. The van der Waals surface area contributed by atoms with Crippen molar-refractivity contribution in [3.05, 3.63) is 46.8 Å². The third-order valence-corrected chi connectivity index (χ3v) is 4.23. The molecule has 0 amide bonds. The molecule has 0 radical (unpaired) electrons. The lowest BCUT2D eigenvalue weighted by Gasteiger charge is -2.12. The first kappa shape index (κ1) is 15.1. The Hall–Kier alpha value is -1.85. The Balaban J connectivity index is 1.54. The van der Waals surface area contributed by atoms with Gasteiger partial charge in [-0.1, -0.05) is 18.2 Å². The van der Waals surface area contributed by atoms with E-state index in [2.05, 4.69) is 29.5 Å². The number of aliphatic hydroxyl groups excluding tert-OH is 1. The van der Waals surface area contributed by atoms with Crippen molar-refractivity contribution in [3.8, 4) is 5.75 Å². The van der Waals surface area contributed by atoms with E-state index in [0.29, 0.717) is 6.54 Å². The number of hydrogen-bond donors (Lipinski definition) is 2. The second-order valence-corrected chi connectivity index (χ2v) is 5.78. The van der Waals surface area contributed by atoms with E-state index < -0.39 is 0 Å². The fourth-order valence-corrected chi connectivity index (χ4v) is 3.03. The molecule has 0 aliphatic carbocycles. The number of rotatable bonds is 6. The summed E-state index contributed by atoms with van der Waals surface area (Å²) in [6.45, 7) is 6.32. The van der Waals surface area contributed by atoms with Crippen molar-refractivity contribution in [2.75, 3.05) is 13.2 Å². The van der Waals surface area contributed by atoms with Crippen LogP contribution >= 0.6 is 0 Å². The number of para-hydroxylation sites is 1. The maximum atomic E-state index is 9.06. The van der Waals surface area contributed by atoms with E-state index in [-0.39, 0.29) is 12.7 Å². The number of nitrogens with zero attached hydrogens (tertiary/aromatic N) is 2. The van der Waals surface area contributed by atoms with E-state index in [1.54, 1.807) is 0 Å². The number of nitrogens with one attached hydrogen (secondary N) is 1. The van der Waals surface area contributed by atoms with Crippen LogP contribution in [0.5, 0.6) is 5.75 Å². The Morgan fingerprint density at radius 1 is 1.36 bits per heavy atom. The van der Waals surface area contributed by atoms with Gasteiger partial charge in [-0.25, -0.2) is 0 Å². The van der Waals surface area contributed by atoms with Crippen LogP contribution in [0.25, 0.3) is 0 Å². The quantitative estimate of drug-likeness (QED) is 0.850. The van der Waals surface area contributed by atoms with Crippen LogP contribution < -0.4 is 10.1 Å². The van der Waals surface area contributed by atoms with Crippen molar-refractivity contribution in [1.29, 1.82) is 0 Å². The molecule has 1 atom stereocenters. The molecular formula is C17H23N3O2. The molecule has 1 aromatic heterocycles. The first-order chi connectivity index (χ1) is 10.7. The van der Waals surface area contributed by atoms with E-state index >= 15 is 0 Å². The summed E-state index contributed by atoms with van der Waals surface area (Å²) in [6.07, 6.45) is 1.16. The first-order valence-corrected chi connectivity index (χ1v) is 7.78. The third kappa shape index (κ3) is 3.00. The van der Waals surface area contributed by atoms with Crippen molar-refractivity contribution in [1.82, 2.24) is 15.1 Å². The number of aromatic nitrogens is 2. The minimum Gasteiger partial charge on any atom is -0.488 e. The van der Waals surface area contributed by atoms with Crippen LogP contribution in [0.2, 0.25) is 0 Å². The van der Waals surface area contributed by atoms with Gasteiger partial charge in [-0.05, 0) is 25.5 Å². The van der Waals surface area contributed by atoms with Gasteiger partial charge in [0.05, 0.1) is 18.8 Å². The normalized spacial score (nSPS) is 16.6. The zero-order valence-electron chi connectivity index (χ0n) is 13.2. The third-order valence-electron chi connectivity index (χ3n) is 4.23. The zero-order chi connectivity index (χ0) is 15.5. The summed E-state index contributed by atoms with van der Waals surface area (Å²) in [6, 6.07) is 8.22. The van der Waals surface area contributed by atoms with Crippen molar-refractivity contribution < 1.29 is 9.84 Å². The standard InChI is InChI=1S/C17H23N3O2/c1-12-16(13(2)20(19-12)7-8-21)11-18-10-15-9-14-5-3-4-6-17(14)22-15/h3-6,15,18,21H,7-11H2,1-2H3. The zero-order valence-corrected chi connectivity index (χ0v) is 13.2. The van der Waals surface area contributed by atoms with Gasteiger partial charge in [-0.3, -0.25) is 4.68 Å². The number of aliphatic hydroxyl groups is 1. The van der Waals surface area contributed by atoms with Crippen LogP contribution in [-0.4, -0.2) is 34.1 Å². The molecule has 22 heavy (non-hydrogen) atoms. The highest BCUT2D eigenvalue weighted by Gasteiger charge is 2.22. The second kappa shape index (κ2) is 6.50. The minimum absolute atomic E-state index is 0.114. The molecule has 0 bridgehead atoms. The van der Waals surface area contributed by atoms with Crippen LogP contribution in [0, 0.1) is 13.8 Å². The summed E-state index contributed by atoms with van der Waals surface area (Å²) in [5, 5.41) is 17.0. The molecule has 1 aromatic carbocycles. The molecule has 2 aromatic rings. The predicted molar refractivity (Wildman–Crippen MR) is 85.1 cm³/mol. The summed E-state index contributed by atoms with van der Waals surface area (Å²) < 4.78 is 7.80. The second-order valence-electron chi connectivity index (χ2n) is 5.78. The van der Waals surface area contributed by atoms with Crippen LogP contribution in [0.15, 0.2) is 24.3 Å². The van der Waals surface area contributed by atoms with E-state index in [1.165, 1.54) is 11.1 Å². The van der Waals surface area contributed by atoms with Crippen molar-refractivity contribution >= 4 is 0 Å². The van der Waals surface area contributed by atoms with Crippen LogP contribution in [-0.2, 0) is 19.5 Å². The molecule has 1 aliphatic heterocycles. The van der Waals surface area contributed by atoms with Crippen molar-refractivity contribution in [2.24, 2.45) is 0 Å². The Labute approximate surface area is 130 Å². The summed E-state index contributed by atoms with van der Waals surface area (Å²) in [5.41, 5.74) is 4.64. The Kier molecular flexibility index (Phi) is 4.45. The largest absolute Gasteiger partial charge is 0.488 e. The number of benzene rings is 1. The van der Waals surface area contributed by atoms with Gasteiger partial charge in [-0.15, -0.1) is 0 Å². The average molecular weight is 301 g/mol. The molecule has 0 spiro atoms. The van der Waals surface area contributed by atoms with E-state index in [0.717, 1.165) is 36.6 Å². The van der Waals surface area contributed by atoms with Crippen molar-refractivity contribution in [3.63, 3.8) is 0 Å². The SMILES string of the molecule is Cc1nn(CCO)c(C)c1CNCC1Cc2ccccc2O1. The van der Waals surface area contributed by atoms with Gasteiger partial charge in [0, 0.05) is 30.8 Å². The summed E-state index contributed by atoms with van der Waals surface area (Å²) >= 11 is 0. The Morgan fingerprint density at radius 3 is 2.95 bits per heavy atom. The summed E-state index contributed by atoms with van der Waals surface area (Å²) in [4.78, 5) is 0. The van der Waals surface area contributed by atoms with Crippen LogP contribution in [0.4, 0.5) is 0 Å². The predicted octanol–water partition coefficient (Wildman–Crippen LogP) is 1.59. The first-order valence-electron chi connectivity index (χ1n) is 7.78. The molecule has 2 heterocycles. The highest BCUT2D eigenvalue weighted by Crippen LogP contribution is 2.27. The topological polar surface area (TPSA) is 59.3 Å². The number of hydrogen-bond acceptors (Lipinski definition) is 4. The fourth-order valence-electron chi connectivity index (χ4n) is 3.03. The monoisotopic (exact) mass is 301 g/mol. The molecule has 2 N–H and O–H groups in total. The van der Waals surface area contributed by atoms with Gasteiger partial charge in [0.15, 0.2) is 0 Å². The van der Waals surface area contributed by atoms with Crippen LogP contribution in [0.1, 0.15) is 22.5 Å². The smallest absolute Gasteiger partial charge is 0.123 e. The molecule has 3 rings (SSSR count). The van der Waals surface area contributed by atoms with E-state index in [4.69, 9.17) is 9.84 Å². The fraction of sp³-hybridized carbons (Fsp3) is 0.471. The van der Waals surface area contributed by atoms with Gasteiger partial charge >= 0.3 is 0 Å². The molecule has 118 valence electrons. The van der Waals surface area contributed by atoms with Gasteiger partial charge in [0.1, 0.15) is 11.9 Å². The van der Waals surface area contributed by atoms with Crippen molar-refractivity contribution in [2.45, 2.75) is 39.5 Å². The van der Waals surface area contributed by atoms with E-state index in [1.807, 2.05) is 23.7 Å². The van der Waals surface area contributed by atoms with Gasteiger partial charge in [-0.2, -0.15) is 5.10 Å². The van der Waals surface area contributed by atoms with Crippen LogP contribution in [0.3, 0.4) is 0 Å². The molecule has 1 unspecified atom stereocenters. The molecule has 5 heteroatoms. The average Bonchev–Trinajstić information content (AvgIpc) is 3.03. The summed E-state index contributed by atoms with van der Waals surface area (Å²) in [5.74, 6) is 1.01. The minimum atomic E-state index is 0.114. The molecule has 0 saturated carbocycles. The Morgan fingerprint density at radius 2 is 2.18 bits per heavy atom. The maximum Gasteiger partial charge on any atom is 0.123 e. The molecular weight excluding hydrogens is 278 g/mol. The lowest BCUT2D eigenvalue weighted by atomic mass is 10.1. The van der Waals surface area contributed by atoms with Gasteiger partial charge in [0.25, 0.3) is 0 Å². The Bertz CT molecular complexity index is 626.